The summed E-state index contributed by atoms with van der Waals surface area (Å²) in [6.07, 6.45) is 1.09. The molecule has 0 aliphatic heterocycles. The molecule has 0 radical (unpaired) electrons. The van der Waals surface area contributed by atoms with Crippen molar-refractivity contribution in [1.82, 2.24) is 5.32 Å². The predicted octanol–water partition coefficient (Wildman–Crippen LogP) is 4.66. The van der Waals surface area contributed by atoms with Gasteiger partial charge in [0.1, 0.15) is 5.82 Å². The first-order valence-electron chi connectivity index (χ1n) is 6.97. The van der Waals surface area contributed by atoms with Gasteiger partial charge in [0.15, 0.2) is 0 Å². The van der Waals surface area contributed by atoms with Gasteiger partial charge in [-0.25, -0.2) is 4.39 Å². The third-order valence-electron chi connectivity index (χ3n) is 3.08. The van der Waals surface area contributed by atoms with Gasteiger partial charge < -0.3 is 5.32 Å². The summed E-state index contributed by atoms with van der Waals surface area (Å²) >= 11 is 1.56. The van der Waals surface area contributed by atoms with Gasteiger partial charge in [0, 0.05) is 16.7 Å². The first kappa shape index (κ1) is 15.1. The Bertz CT molecular complexity index is 515. The lowest BCUT2D eigenvalue weighted by Gasteiger charge is -2.18. The molecular weight excluding hydrogens is 269 g/mol. The van der Waals surface area contributed by atoms with Crippen LogP contribution in [-0.4, -0.2) is 12.3 Å². The van der Waals surface area contributed by atoms with Crippen molar-refractivity contribution in [2.45, 2.75) is 24.3 Å². The average molecular weight is 289 g/mol. The van der Waals surface area contributed by atoms with Crippen molar-refractivity contribution in [2.24, 2.45) is 0 Å². The van der Waals surface area contributed by atoms with Crippen molar-refractivity contribution in [3.05, 3.63) is 66.0 Å². The van der Waals surface area contributed by atoms with Crippen LogP contribution >= 0.6 is 11.8 Å². The molecule has 106 valence electrons. The molecule has 2 aromatic carbocycles. The van der Waals surface area contributed by atoms with Crippen LogP contribution in [0, 0.1) is 5.82 Å². The van der Waals surface area contributed by atoms with Crippen molar-refractivity contribution in [3.8, 4) is 0 Å². The van der Waals surface area contributed by atoms with Crippen LogP contribution in [0.3, 0.4) is 0 Å². The molecule has 2 aromatic rings. The Labute approximate surface area is 124 Å². The molecular formula is C17H20FNS. The zero-order chi connectivity index (χ0) is 14.2. The van der Waals surface area contributed by atoms with Crippen LogP contribution in [-0.2, 0) is 0 Å². The van der Waals surface area contributed by atoms with Gasteiger partial charge in [0.25, 0.3) is 0 Å². The number of hydrogen-bond acceptors (Lipinski definition) is 2. The molecule has 20 heavy (non-hydrogen) atoms. The number of halogens is 1. The van der Waals surface area contributed by atoms with E-state index in [4.69, 9.17) is 0 Å². The minimum absolute atomic E-state index is 0.139. The van der Waals surface area contributed by atoms with Crippen LogP contribution in [0.4, 0.5) is 4.39 Å². The van der Waals surface area contributed by atoms with Crippen molar-refractivity contribution in [2.75, 3.05) is 12.3 Å². The van der Waals surface area contributed by atoms with Crippen LogP contribution in [0.15, 0.2) is 59.5 Å². The largest absolute Gasteiger partial charge is 0.309 e. The first-order valence-corrected chi connectivity index (χ1v) is 7.95. The van der Waals surface area contributed by atoms with Crippen molar-refractivity contribution < 1.29 is 4.39 Å². The molecule has 0 fully saturated rings. The summed E-state index contributed by atoms with van der Waals surface area (Å²) in [5, 5.41) is 3.53. The molecule has 0 spiro atoms. The molecule has 0 bridgehead atoms. The van der Waals surface area contributed by atoms with E-state index in [-0.39, 0.29) is 11.9 Å². The number of nitrogens with one attached hydrogen (secondary N) is 1. The monoisotopic (exact) mass is 289 g/mol. The number of rotatable bonds is 7. The third-order valence-corrected chi connectivity index (χ3v) is 4.23. The second-order valence-corrected chi connectivity index (χ2v) is 5.72. The minimum Gasteiger partial charge on any atom is -0.309 e. The van der Waals surface area contributed by atoms with Crippen LogP contribution in [0.25, 0.3) is 0 Å². The van der Waals surface area contributed by atoms with Crippen LogP contribution in [0.5, 0.6) is 0 Å². The lowest BCUT2D eigenvalue weighted by molar-refractivity contribution is 0.575. The summed E-state index contributed by atoms with van der Waals surface area (Å²) in [6.45, 7) is 3.12. The van der Waals surface area contributed by atoms with E-state index in [1.54, 1.807) is 17.8 Å². The van der Waals surface area contributed by atoms with Crippen molar-refractivity contribution in [3.63, 3.8) is 0 Å². The Morgan fingerprint density at radius 1 is 1.05 bits per heavy atom. The molecule has 3 heteroatoms. The first-order chi connectivity index (χ1) is 9.81. The second kappa shape index (κ2) is 8.08. The van der Waals surface area contributed by atoms with Gasteiger partial charge in [0.2, 0.25) is 0 Å². The molecule has 1 unspecified atom stereocenters. The van der Waals surface area contributed by atoms with E-state index in [9.17, 15) is 4.39 Å². The van der Waals surface area contributed by atoms with Gasteiger partial charge in [-0.3, -0.25) is 0 Å². The SMILES string of the molecule is CCCNC(CSc1ccccc1F)c1ccccc1. The summed E-state index contributed by atoms with van der Waals surface area (Å²) in [7, 11) is 0. The van der Waals surface area contributed by atoms with Gasteiger partial charge in [-0.2, -0.15) is 0 Å². The van der Waals surface area contributed by atoms with E-state index in [2.05, 4.69) is 24.4 Å². The number of thioether (sulfide) groups is 1. The maximum absolute atomic E-state index is 13.7. The van der Waals surface area contributed by atoms with Crippen molar-refractivity contribution in [1.29, 1.82) is 0 Å². The zero-order valence-electron chi connectivity index (χ0n) is 11.7. The van der Waals surface area contributed by atoms with Crippen LogP contribution in [0.1, 0.15) is 24.9 Å². The summed E-state index contributed by atoms with van der Waals surface area (Å²) < 4.78 is 13.7. The van der Waals surface area contributed by atoms with Crippen LogP contribution in [0.2, 0.25) is 0 Å². The van der Waals surface area contributed by atoms with Gasteiger partial charge >= 0.3 is 0 Å². The quantitative estimate of drug-likeness (QED) is 0.744. The standard InChI is InChI=1S/C17H20FNS/c1-2-12-19-16(14-8-4-3-5-9-14)13-20-17-11-7-6-10-15(17)18/h3-11,16,19H,2,12-13H2,1H3. The van der Waals surface area contributed by atoms with E-state index in [0.29, 0.717) is 4.90 Å². The minimum atomic E-state index is -0.139. The highest BCUT2D eigenvalue weighted by atomic mass is 32.2. The molecule has 0 aliphatic rings. The summed E-state index contributed by atoms with van der Waals surface area (Å²) in [5.74, 6) is 0.685. The van der Waals surface area contributed by atoms with E-state index >= 15 is 0 Å². The summed E-state index contributed by atoms with van der Waals surface area (Å²) in [4.78, 5) is 0.715. The highest BCUT2D eigenvalue weighted by Gasteiger charge is 2.12. The third kappa shape index (κ3) is 4.36. The Kier molecular flexibility index (Phi) is 6.09. The molecule has 0 heterocycles. The predicted molar refractivity (Wildman–Crippen MR) is 84.6 cm³/mol. The molecule has 1 N–H and O–H groups in total. The van der Waals surface area contributed by atoms with E-state index < -0.39 is 0 Å². The van der Waals surface area contributed by atoms with E-state index in [1.807, 2.05) is 30.3 Å². The summed E-state index contributed by atoms with van der Waals surface area (Å²) in [5.41, 5.74) is 1.25. The average Bonchev–Trinajstić information content (AvgIpc) is 2.50. The number of benzene rings is 2. The highest BCUT2D eigenvalue weighted by Crippen LogP contribution is 2.26. The fourth-order valence-electron chi connectivity index (χ4n) is 2.01. The van der Waals surface area contributed by atoms with Crippen molar-refractivity contribution >= 4 is 11.8 Å². The summed E-state index contributed by atoms with van der Waals surface area (Å²) in [6, 6.07) is 17.6. The molecule has 2 rings (SSSR count). The Morgan fingerprint density at radius 2 is 1.75 bits per heavy atom. The topological polar surface area (TPSA) is 12.0 Å². The molecule has 1 nitrogen and oxygen atoms in total. The molecule has 0 saturated heterocycles. The zero-order valence-corrected chi connectivity index (χ0v) is 12.5. The van der Waals surface area contributed by atoms with Gasteiger partial charge in [-0.15, -0.1) is 11.8 Å². The highest BCUT2D eigenvalue weighted by molar-refractivity contribution is 7.99. The van der Waals surface area contributed by atoms with Gasteiger partial charge in [-0.05, 0) is 30.7 Å². The fourth-order valence-corrected chi connectivity index (χ4v) is 3.05. The second-order valence-electron chi connectivity index (χ2n) is 4.66. The lowest BCUT2D eigenvalue weighted by atomic mass is 10.1. The molecule has 0 aromatic heterocycles. The van der Waals surface area contributed by atoms with Gasteiger partial charge in [-0.1, -0.05) is 49.4 Å². The normalized spacial score (nSPS) is 12.3. The molecule has 1 atom stereocenters. The maximum Gasteiger partial charge on any atom is 0.136 e. The lowest BCUT2D eigenvalue weighted by Crippen LogP contribution is -2.24. The Hall–Kier alpha value is -1.32. The van der Waals surface area contributed by atoms with E-state index in [1.165, 1.54) is 11.6 Å². The smallest absolute Gasteiger partial charge is 0.136 e. The fraction of sp³-hybridized carbons (Fsp3) is 0.294. The molecule has 0 amide bonds. The molecule has 0 saturated carbocycles. The van der Waals surface area contributed by atoms with Crippen LogP contribution < -0.4 is 5.32 Å². The van der Waals surface area contributed by atoms with E-state index in [0.717, 1.165) is 18.7 Å². The van der Waals surface area contributed by atoms with Gasteiger partial charge in [0.05, 0.1) is 0 Å². The number of hydrogen-bond donors (Lipinski definition) is 1. The molecule has 0 aliphatic carbocycles. The maximum atomic E-state index is 13.7. The Morgan fingerprint density at radius 3 is 2.45 bits per heavy atom. The Balaban J connectivity index is 2.03.